The van der Waals surface area contributed by atoms with Gasteiger partial charge in [-0.15, -0.1) is 0 Å². The van der Waals surface area contributed by atoms with Gasteiger partial charge in [0, 0.05) is 43.4 Å². The summed E-state index contributed by atoms with van der Waals surface area (Å²) in [6, 6.07) is 14.5. The van der Waals surface area contributed by atoms with Crippen molar-refractivity contribution in [2.45, 2.75) is 36.7 Å². The summed E-state index contributed by atoms with van der Waals surface area (Å²) in [6.45, 7) is 2.34. The van der Waals surface area contributed by atoms with Crippen molar-refractivity contribution in [3.63, 3.8) is 0 Å². The number of nitrogens with zero attached hydrogens (tertiary/aromatic N) is 1. The Balaban J connectivity index is 1.28. The Bertz CT molecular complexity index is 1060. The van der Waals surface area contributed by atoms with Crippen LogP contribution in [0.15, 0.2) is 59.5 Å². The Morgan fingerprint density at radius 2 is 1.67 bits per heavy atom. The van der Waals surface area contributed by atoms with E-state index in [2.05, 4.69) is 10.0 Å². The third kappa shape index (κ3) is 5.91. The van der Waals surface area contributed by atoms with Crippen LogP contribution in [0.3, 0.4) is 0 Å². The molecule has 33 heavy (non-hydrogen) atoms. The van der Waals surface area contributed by atoms with E-state index < -0.39 is 10.0 Å². The summed E-state index contributed by atoms with van der Waals surface area (Å²) in [5.74, 6) is -0.177. The number of hydrogen-bond acceptors (Lipinski definition) is 5. The van der Waals surface area contributed by atoms with Gasteiger partial charge in [-0.25, -0.2) is 8.42 Å². The highest BCUT2D eigenvalue weighted by Crippen LogP contribution is 2.21. The van der Waals surface area contributed by atoms with Crippen molar-refractivity contribution in [2.75, 3.05) is 31.0 Å². The van der Waals surface area contributed by atoms with Gasteiger partial charge in [0.15, 0.2) is 0 Å². The molecule has 9 heteroatoms. The Morgan fingerprint density at radius 3 is 2.30 bits per heavy atom. The first kappa shape index (κ1) is 23.3. The Labute approximate surface area is 194 Å². The fraction of sp³-hybridized carbons (Fsp3) is 0.417. The van der Waals surface area contributed by atoms with Gasteiger partial charge in [-0.1, -0.05) is 18.2 Å². The summed E-state index contributed by atoms with van der Waals surface area (Å²) in [6.07, 6.45) is 3.40. The zero-order valence-electron chi connectivity index (χ0n) is 18.4. The first-order chi connectivity index (χ1) is 15.9. The maximum absolute atomic E-state index is 12.9. The minimum absolute atomic E-state index is 0.0349. The zero-order chi connectivity index (χ0) is 23.3. The number of rotatable bonds is 7. The van der Waals surface area contributed by atoms with Crippen LogP contribution in [0.2, 0.25) is 0 Å². The molecule has 2 amide bonds. The van der Waals surface area contributed by atoms with E-state index in [0.717, 1.165) is 19.4 Å². The van der Waals surface area contributed by atoms with Crippen LogP contribution in [-0.4, -0.2) is 57.5 Å². The monoisotopic (exact) mass is 471 g/mol. The van der Waals surface area contributed by atoms with E-state index in [1.54, 1.807) is 47.4 Å². The number of piperidine rings is 1. The molecular formula is C24H29N3O5S. The first-order valence-electron chi connectivity index (χ1n) is 11.3. The lowest BCUT2D eigenvalue weighted by Gasteiger charge is -2.31. The lowest BCUT2D eigenvalue weighted by atomic mass is 9.95. The van der Waals surface area contributed by atoms with Crippen LogP contribution >= 0.6 is 0 Å². The number of amides is 2. The number of sulfonamides is 1. The molecule has 0 aromatic heterocycles. The zero-order valence-corrected chi connectivity index (χ0v) is 19.2. The van der Waals surface area contributed by atoms with Crippen LogP contribution in [-0.2, 0) is 19.6 Å². The summed E-state index contributed by atoms with van der Waals surface area (Å²) < 4.78 is 33.0. The third-order valence-electron chi connectivity index (χ3n) is 6.12. The van der Waals surface area contributed by atoms with Gasteiger partial charge < -0.3 is 15.0 Å². The molecule has 2 aromatic rings. The molecule has 0 radical (unpaired) electrons. The van der Waals surface area contributed by atoms with Gasteiger partial charge in [-0.05, 0) is 62.1 Å². The minimum atomic E-state index is -3.68. The third-order valence-corrected chi connectivity index (χ3v) is 7.52. The van der Waals surface area contributed by atoms with Crippen molar-refractivity contribution in [3.8, 4) is 0 Å². The van der Waals surface area contributed by atoms with Crippen molar-refractivity contribution in [1.29, 1.82) is 0 Å². The number of hydrogen-bond donors (Lipinski definition) is 2. The highest BCUT2D eigenvalue weighted by atomic mass is 32.2. The van der Waals surface area contributed by atoms with Gasteiger partial charge in [0.1, 0.15) is 0 Å². The molecule has 1 atom stereocenters. The molecule has 0 aliphatic carbocycles. The summed E-state index contributed by atoms with van der Waals surface area (Å²) in [4.78, 5) is 27.2. The quantitative estimate of drug-likeness (QED) is 0.646. The topological polar surface area (TPSA) is 105 Å². The smallest absolute Gasteiger partial charge is 0.261 e. The molecular weight excluding hydrogens is 442 g/mol. The SMILES string of the molecule is O=C(NC[C@@H]1CCCO1)C1CCN(C(=O)c2ccc(NS(=O)(=O)c3ccccc3)cc2)CC1. The average molecular weight is 472 g/mol. The molecule has 8 nitrogen and oxygen atoms in total. The Morgan fingerprint density at radius 1 is 0.970 bits per heavy atom. The second-order valence-electron chi connectivity index (χ2n) is 8.44. The van der Waals surface area contributed by atoms with E-state index in [4.69, 9.17) is 4.74 Å². The normalized spacial score (nSPS) is 19.3. The Kier molecular flexibility index (Phi) is 7.29. The van der Waals surface area contributed by atoms with Crippen molar-refractivity contribution in [3.05, 3.63) is 60.2 Å². The van der Waals surface area contributed by atoms with Crippen molar-refractivity contribution in [2.24, 2.45) is 5.92 Å². The van der Waals surface area contributed by atoms with Crippen LogP contribution < -0.4 is 10.0 Å². The van der Waals surface area contributed by atoms with Crippen LogP contribution in [0.25, 0.3) is 0 Å². The molecule has 176 valence electrons. The number of carbonyl (C=O) groups excluding carboxylic acids is 2. The molecule has 2 saturated heterocycles. The molecule has 0 saturated carbocycles. The average Bonchev–Trinajstić information content (AvgIpc) is 3.37. The standard InChI is InChI=1S/C24H29N3O5S/c28-23(25-17-21-5-4-16-32-21)18-12-14-27(15-13-18)24(29)19-8-10-20(11-9-19)26-33(30,31)22-6-2-1-3-7-22/h1-3,6-11,18,21,26H,4-5,12-17H2,(H,25,28)/t21-/m0/s1. The van der Waals surface area contributed by atoms with Gasteiger partial charge in [-0.2, -0.15) is 0 Å². The first-order valence-corrected chi connectivity index (χ1v) is 12.8. The summed E-state index contributed by atoms with van der Waals surface area (Å²) in [7, 11) is -3.68. The van der Waals surface area contributed by atoms with E-state index in [-0.39, 0.29) is 28.7 Å². The highest BCUT2D eigenvalue weighted by molar-refractivity contribution is 7.92. The fourth-order valence-electron chi connectivity index (χ4n) is 4.19. The molecule has 2 fully saturated rings. The van der Waals surface area contributed by atoms with Gasteiger partial charge in [0.05, 0.1) is 11.0 Å². The summed E-state index contributed by atoms with van der Waals surface area (Å²) in [5, 5.41) is 2.98. The number of likely N-dealkylation sites (tertiary alicyclic amines) is 1. The predicted octanol–water partition coefficient (Wildman–Crippen LogP) is 2.63. The van der Waals surface area contributed by atoms with Gasteiger partial charge >= 0.3 is 0 Å². The van der Waals surface area contributed by atoms with Gasteiger partial charge in [-0.3, -0.25) is 14.3 Å². The van der Waals surface area contributed by atoms with Crippen LogP contribution in [0.4, 0.5) is 5.69 Å². The molecule has 0 bridgehead atoms. The van der Waals surface area contributed by atoms with E-state index in [1.165, 1.54) is 12.1 Å². The van der Waals surface area contributed by atoms with E-state index in [9.17, 15) is 18.0 Å². The largest absolute Gasteiger partial charge is 0.376 e. The number of nitrogens with one attached hydrogen (secondary N) is 2. The number of ether oxygens (including phenoxy) is 1. The van der Waals surface area contributed by atoms with Crippen molar-refractivity contribution in [1.82, 2.24) is 10.2 Å². The van der Waals surface area contributed by atoms with Crippen molar-refractivity contribution >= 4 is 27.5 Å². The molecule has 0 spiro atoms. The molecule has 2 aromatic carbocycles. The van der Waals surface area contributed by atoms with E-state index >= 15 is 0 Å². The number of benzene rings is 2. The van der Waals surface area contributed by atoms with Crippen LogP contribution in [0.5, 0.6) is 0 Å². The van der Waals surface area contributed by atoms with Crippen LogP contribution in [0, 0.1) is 5.92 Å². The maximum Gasteiger partial charge on any atom is 0.261 e. The molecule has 2 aliphatic rings. The predicted molar refractivity (Wildman–Crippen MR) is 124 cm³/mol. The Hall–Kier alpha value is -2.91. The van der Waals surface area contributed by atoms with Crippen LogP contribution in [0.1, 0.15) is 36.0 Å². The molecule has 2 aliphatic heterocycles. The molecule has 2 N–H and O–H groups in total. The lowest BCUT2D eigenvalue weighted by molar-refractivity contribution is -0.126. The second kappa shape index (κ2) is 10.4. The number of anilines is 1. The lowest BCUT2D eigenvalue weighted by Crippen LogP contribution is -2.44. The maximum atomic E-state index is 12.9. The summed E-state index contributed by atoms with van der Waals surface area (Å²) in [5.41, 5.74) is 0.871. The summed E-state index contributed by atoms with van der Waals surface area (Å²) >= 11 is 0. The van der Waals surface area contributed by atoms with E-state index in [0.29, 0.717) is 43.7 Å². The fourth-order valence-corrected chi connectivity index (χ4v) is 5.27. The highest BCUT2D eigenvalue weighted by Gasteiger charge is 2.28. The minimum Gasteiger partial charge on any atom is -0.376 e. The second-order valence-corrected chi connectivity index (χ2v) is 10.1. The van der Waals surface area contributed by atoms with Gasteiger partial charge in [0.25, 0.3) is 15.9 Å². The van der Waals surface area contributed by atoms with Gasteiger partial charge in [0.2, 0.25) is 5.91 Å². The molecule has 0 unspecified atom stereocenters. The van der Waals surface area contributed by atoms with E-state index in [1.807, 2.05) is 0 Å². The number of carbonyl (C=O) groups is 2. The molecule has 4 rings (SSSR count). The molecule has 2 heterocycles. The van der Waals surface area contributed by atoms with Crippen molar-refractivity contribution < 1.29 is 22.7 Å².